The summed E-state index contributed by atoms with van der Waals surface area (Å²) in [5.74, 6) is 0. The normalized spacial score (nSPS) is 12.2. The van der Waals surface area contributed by atoms with Gasteiger partial charge < -0.3 is 15.1 Å². The third kappa shape index (κ3) is 3.32. The zero-order chi connectivity index (χ0) is 12.0. The molecule has 0 aromatic carbocycles. The molecular formula is C12H18N2O2. The van der Waals surface area contributed by atoms with E-state index in [1.165, 1.54) is 0 Å². The van der Waals surface area contributed by atoms with Crippen molar-refractivity contribution in [2.45, 2.75) is 13.0 Å². The Morgan fingerprint density at radius 2 is 2.31 bits per heavy atom. The largest absolute Gasteiger partial charge is 0.395 e. The van der Waals surface area contributed by atoms with E-state index < -0.39 is 6.10 Å². The average Bonchev–Trinajstić information content (AvgIpc) is 2.29. The van der Waals surface area contributed by atoms with Crippen molar-refractivity contribution in [3.05, 3.63) is 36.7 Å². The average molecular weight is 222 g/mol. The van der Waals surface area contributed by atoms with Gasteiger partial charge in [-0.25, -0.2) is 0 Å². The molecule has 0 saturated heterocycles. The molecule has 0 unspecified atom stereocenters. The van der Waals surface area contributed by atoms with Crippen molar-refractivity contribution in [2.75, 3.05) is 24.6 Å². The van der Waals surface area contributed by atoms with Crippen molar-refractivity contribution in [2.24, 2.45) is 0 Å². The maximum Gasteiger partial charge on any atom is 0.0931 e. The molecule has 1 heterocycles. The zero-order valence-corrected chi connectivity index (χ0v) is 9.50. The topological polar surface area (TPSA) is 56.6 Å². The highest BCUT2D eigenvalue weighted by atomic mass is 16.3. The van der Waals surface area contributed by atoms with Crippen LogP contribution in [0.25, 0.3) is 0 Å². The fraction of sp³-hybridized carbons (Fsp3) is 0.417. The van der Waals surface area contributed by atoms with Crippen molar-refractivity contribution in [3.8, 4) is 0 Å². The van der Waals surface area contributed by atoms with E-state index in [2.05, 4.69) is 11.6 Å². The number of aromatic nitrogens is 1. The number of anilines is 1. The SMILES string of the molecule is C=CCN(CCO)c1ccc([C@H](C)O)nc1. The van der Waals surface area contributed by atoms with E-state index in [4.69, 9.17) is 5.11 Å². The number of aliphatic hydroxyl groups is 2. The van der Waals surface area contributed by atoms with E-state index in [0.29, 0.717) is 18.8 Å². The zero-order valence-electron chi connectivity index (χ0n) is 9.50. The molecular weight excluding hydrogens is 204 g/mol. The Morgan fingerprint density at radius 1 is 1.56 bits per heavy atom. The smallest absolute Gasteiger partial charge is 0.0931 e. The van der Waals surface area contributed by atoms with Gasteiger partial charge in [0.15, 0.2) is 0 Å². The molecule has 0 saturated carbocycles. The predicted octanol–water partition coefficient (Wildman–Crippen LogP) is 1.12. The highest BCUT2D eigenvalue weighted by Crippen LogP contribution is 2.15. The molecule has 0 aliphatic rings. The Hall–Kier alpha value is -1.39. The molecule has 1 rings (SSSR count). The summed E-state index contributed by atoms with van der Waals surface area (Å²) in [6.45, 7) is 6.64. The van der Waals surface area contributed by atoms with Crippen molar-refractivity contribution in [1.29, 1.82) is 0 Å². The van der Waals surface area contributed by atoms with Crippen molar-refractivity contribution < 1.29 is 10.2 Å². The minimum Gasteiger partial charge on any atom is -0.395 e. The molecule has 1 aromatic rings. The van der Waals surface area contributed by atoms with Gasteiger partial charge in [-0.2, -0.15) is 0 Å². The third-order valence-corrected chi connectivity index (χ3v) is 2.28. The minimum absolute atomic E-state index is 0.0893. The Bertz CT molecular complexity index is 322. The van der Waals surface area contributed by atoms with Crippen LogP contribution in [0.3, 0.4) is 0 Å². The van der Waals surface area contributed by atoms with Crippen LogP contribution in [0.15, 0.2) is 31.0 Å². The number of pyridine rings is 1. The quantitative estimate of drug-likeness (QED) is 0.708. The van der Waals surface area contributed by atoms with Crippen molar-refractivity contribution in [1.82, 2.24) is 4.98 Å². The molecule has 88 valence electrons. The Morgan fingerprint density at radius 3 is 2.75 bits per heavy atom. The number of nitrogens with zero attached hydrogens (tertiary/aromatic N) is 2. The van der Waals surface area contributed by atoms with Gasteiger partial charge in [-0.1, -0.05) is 6.08 Å². The standard InChI is InChI=1S/C12H18N2O2/c1-3-6-14(7-8-15)11-4-5-12(10(2)16)13-9-11/h3-5,9-10,15-16H,1,6-8H2,2H3/t10-/m0/s1. The maximum absolute atomic E-state index is 9.33. The fourth-order valence-electron chi connectivity index (χ4n) is 1.43. The summed E-state index contributed by atoms with van der Waals surface area (Å²) in [7, 11) is 0. The predicted molar refractivity (Wildman–Crippen MR) is 64.4 cm³/mol. The molecule has 2 N–H and O–H groups in total. The van der Waals surface area contributed by atoms with E-state index in [1.807, 2.05) is 11.0 Å². The first-order chi connectivity index (χ1) is 7.69. The summed E-state index contributed by atoms with van der Waals surface area (Å²) < 4.78 is 0. The number of hydrogen-bond donors (Lipinski definition) is 2. The van der Waals surface area contributed by atoms with Gasteiger partial charge in [0.05, 0.1) is 30.3 Å². The van der Waals surface area contributed by atoms with Crippen LogP contribution in [0, 0.1) is 0 Å². The first kappa shape index (κ1) is 12.7. The molecule has 0 fully saturated rings. The summed E-state index contributed by atoms with van der Waals surface area (Å²) in [5, 5.41) is 18.3. The summed E-state index contributed by atoms with van der Waals surface area (Å²) in [6.07, 6.45) is 2.92. The van der Waals surface area contributed by atoms with Crippen LogP contribution in [0.2, 0.25) is 0 Å². The lowest BCUT2D eigenvalue weighted by Crippen LogP contribution is -2.26. The second-order valence-corrected chi connectivity index (χ2v) is 3.58. The lowest BCUT2D eigenvalue weighted by atomic mass is 10.2. The van der Waals surface area contributed by atoms with Gasteiger partial charge in [-0.15, -0.1) is 6.58 Å². The van der Waals surface area contributed by atoms with Gasteiger partial charge in [0.2, 0.25) is 0 Å². The highest BCUT2D eigenvalue weighted by molar-refractivity contribution is 5.45. The number of rotatable bonds is 6. The molecule has 1 aromatic heterocycles. The van der Waals surface area contributed by atoms with Gasteiger partial charge in [0.25, 0.3) is 0 Å². The van der Waals surface area contributed by atoms with Crippen LogP contribution < -0.4 is 4.90 Å². The van der Waals surface area contributed by atoms with Crippen LogP contribution in [-0.4, -0.2) is 34.9 Å². The van der Waals surface area contributed by atoms with Crippen LogP contribution in [0.5, 0.6) is 0 Å². The molecule has 4 nitrogen and oxygen atoms in total. The Kier molecular flexibility index (Phi) is 4.95. The van der Waals surface area contributed by atoms with Gasteiger partial charge in [-0.05, 0) is 19.1 Å². The summed E-state index contributed by atoms with van der Waals surface area (Å²) in [5.41, 5.74) is 1.56. The van der Waals surface area contributed by atoms with Gasteiger partial charge in [-0.3, -0.25) is 4.98 Å². The van der Waals surface area contributed by atoms with Gasteiger partial charge >= 0.3 is 0 Å². The second-order valence-electron chi connectivity index (χ2n) is 3.58. The van der Waals surface area contributed by atoms with Crippen LogP contribution in [0.1, 0.15) is 18.7 Å². The third-order valence-electron chi connectivity index (χ3n) is 2.28. The molecule has 4 heteroatoms. The molecule has 0 aliphatic heterocycles. The van der Waals surface area contributed by atoms with E-state index in [-0.39, 0.29) is 6.61 Å². The first-order valence-electron chi connectivity index (χ1n) is 5.29. The van der Waals surface area contributed by atoms with Gasteiger partial charge in [0.1, 0.15) is 0 Å². The molecule has 0 bridgehead atoms. The molecule has 0 aliphatic carbocycles. The summed E-state index contributed by atoms with van der Waals surface area (Å²) in [4.78, 5) is 6.12. The molecule has 0 radical (unpaired) electrons. The van der Waals surface area contributed by atoms with Crippen LogP contribution in [0.4, 0.5) is 5.69 Å². The minimum atomic E-state index is -0.556. The first-order valence-corrected chi connectivity index (χ1v) is 5.29. The highest BCUT2D eigenvalue weighted by Gasteiger charge is 2.06. The van der Waals surface area contributed by atoms with Crippen molar-refractivity contribution in [3.63, 3.8) is 0 Å². The molecule has 1 atom stereocenters. The van der Waals surface area contributed by atoms with Crippen LogP contribution >= 0.6 is 0 Å². The van der Waals surface area contributed by atoms with E-state index in [9.17, 15) is 5.11 Å². The lowest BCUT2D eigenvalue weighted by molar-refractivity contribution is 0.194. The molecule has 16 heavy (non-hydrogen) atoms. The molecule has 0 amide bonds. The Balaban J connectivity index is 2.80. The maximum atomic E-state index is 9.33. The second kappa shape index (κ2) is 6.25. The van der Waals surface area contributed by atoms with E-state index in [0.717, 1.165) is 5.69 Å². The van der Waals surface area contributed by atoms with E-state index >= 15 is 0 Å². The van der Waals surface area contributed by atoms with Gasteiger partial charge in [0, 0.05) is 13.1 Å². The summed E-state index contributed by atoms with van der Waals surface area (Å²) in [6, 6.07) is 3.67. The van der Waals surface area contributed by atoms with Crippen molar-refractivity contribution >= 4 is 5.69 Å². The number of hydrogen-bond acceptors (Lipinski definition) is 4. The monoisotopic (exact) mass is 222 g/mol. The lowest BCUT2D eigenvalue weighted by Gasteiger charge is -2.22. The Labute approximate surface area is 95.9 Å². The fourth-order valence-corrected chi connectivity index (χ4v) is 1.43. The molecule has 0 spiro atoms. The van der Waals surface area contributed by atoms with Crippen LogP contribution in [-0.2, 0) is 0 Å². The number of aliphatic hydroxyl groups excluding tert-OH is 2. The summed E-state index contributed by atoms with van der Waals surface area (Å²) >= 11 is 0. The van der Waals surface area contributed by atoms with E-state index in [1.54, 1.807) is 25.3 Å².